The van der Waals surface area contributed by atoms with Crippen LogP contribution in [0.15, 0.2) is 54.6 Å². The van der Waals surface area contributed by atoms with Crippen molar-refractivity contribution in [2.45, 2.75) is 40.8 Å². The minimum Gasteiger partial charge on any atom is -0.329 e. The van der Waals surface area contributed by atoms with Crippen LogP contribution in [0, 0.1) is 27.7 Å². The molecule has 0 bridgehead atoms. The third-order valence-electron chi connectivity index (χ3n) is 5.54. The molecule has 0 saturated heterocycles. The number of nitrogens with one attached hydrogen (secondary N) is 2. The maximum Gasteiger partial charge on any atom is 0.176 e. The van der Waals surface area contributed by atoms with Crippen LogP contribution in [-0.4, -0.2) is 24.7 Å². The highest BCUT2D eigenvalue weighted by Crippen LogP contribution is 2.21. The number of hydrogen-bond donors (Lipinski definition) is 2. The van der Waals surface area contributed by atoms with E-state index in [1.54, 1.807) is 0 Å². The molecule has 2 aromatic carbocycles. The molecule has 170 valence electrons. The summed E-state index contributed by atoms with van der Waals surface area (Å²) in [6.45, 7) is 9.51. The van der Waals surface area contributed by atoms with Crippen molar-refractivity contribution in [1.29, 1.82) is 0 Å². The van der Waals surface area contributed by atoms with Crippen molar-refractivity contribution in [3.8, 4) is 0 Å². The van der Waals surface area contributed by atoms with Crippen molar-refractivity contribution < 1.29 is 0 Å². The highest BCUT2D eigenvalue weighted by molar-refractivity contribution is 7.80. The number of halogens is 1. The minimum absolute atomic E-state index is 0.479. The second kappa shape index (κ2) is 9.77. The smallest absolute Gasteiger partial charge is 0.176 e. The van der Waals surface area contributed by atoms with Gasteiger partial charge in [-0.25, -0.2) is 0 Å². The first-order valence-electron chi connectivity index (χ1n) is 10.7. The monoisotopic (exact) mass is 478 g/mol. The molecular formula is C25H27ClN6S. The number of thiocarbonyl (C=S) groups is 1. The van der Waals surface area contributed by atoms with Gasteiger partial charge in [0.15, 0.2) is 10.9 Å². The number of nitrogens with zero attached hydrogens (tertiary/aromatic N) is 4. The predicted octanol–water partition coefficient (Wildman–Crippen LogP) is 5.87. The topological polar surface area (TPSA) is 59.7 Å². The van der Waals surface area contributed by atoms with Crippen molar-refractivity contribution in [1.82, 2.24) is 19.6 Å². The highest BCUT2D eigenvalue weighted by Gasteiger charge is 2.14. The standard InChI is InChI=1S/C25H27ClN6S/c1-16-5-7-20(8-6-16)15-32-19(4)24(18(3)29-32)28-25(33)27-23-13-17(2)31(30-23)14-21-9-11-22(26)12-10-21/h5-13H,14-15H2,1-4H3,(H2,27,28,30,33). The second-order valence-corrected chi connectivity index (χ2v) is 9.07. The fourth-order valence-corrected chi connectivity index (χ4v) is 3.99. The number of aromatic nitrogens is 4. The molecular weight excluding hydrogens is 452 g/mol. The van der Waals surface area contributed by atoms with E-state index in [-0.39, 0.29) is 0 Å². The first kappa shape index (κ1) is 23.0. The van der Waals surface area contributed by atoms with Gasteiger partial charge in [-0.2, -0.15) is 10.2 Å². The van der Waals surface area contributed by atoms with Gasteiger partial charge in [-0.05, 0) is 63.2 Å². The zero-order chi connectivity index (χ0) is 23.5. The third kappa shape index (κ3) is 5.61. The van der Waals surface area contributed by atoms with Gasteiger partial charge in [0.2, 0.25) is 0 Å². The van der Waals surface area contributed by atoms with E-state index in [1.165, 1.54) is 11.1 Å². The van der Waals surface area contributed by atoms with Gasteiger partial charge in [0.1, 0.15) is 0 Å². The Kier molecular flexibility index (Phi) is 6.81. The molecule has 0 aliphatic carbocycles. The molecule has 0 aliphatic heterocycles. The number of rotatable bonds is 6. The van der Waals surface area contributed by atoms with Gasteiger partial charge in [0.25, 0.3) is 0 Å². The lowest BCUT2D eigenvalue weighted by molar-refractivity contribution is 0.659. The quantitative estimate of drug-likeness (QED) is 0.339. The fourth-order valence-electron chi connectivity index (χ4n) is 3.65. The molecule has 8 heteroatoms. The van der Waals surface area contributed by atoms with E-state index < -0.39 is 0 Å². The summed E-state index contributed by atoms with van der Waals surface area (Å²) in [7, 11) is 0. The van der Waals surface area contributed by atoms with Gasteiger partial charge < -0.3 is 10.6 Å². The lowest BCUT2D eigenvalue weighted by atomic mass is 10.1. The Labute approximate surface area is 204 Å². The maximum absolute atomic E-state index is 5.98. The molecule has 0 unspecified atom stereocenters. The van der Waals surface area contributed by atoms with E-state index in [0.29, 0.717) is 24.0 Å². The van der Waals surface area contributed by atoms with Gasteiger partial charge in [-0.3, -0.25) is 9.36 Å². The molecule has 2 aromatic heterocycles. The summed E-state index contributed by atoms with van der Waals surface area (Å²) in [4.78, 5) is 0. The van der Waals surface area contributed by atoms with E-state index in [9.17, 15) is 0 Å². The molecule has 4 rings (SSSR count). The molecule has 6 nitrogen and oxygen atoms in total. The van der Waals surface area contributed by atoms with E-state index in [4.69, 9.17) is 28.9 Å². The lowest BCUT2D eigenvalue weighted by Crippen LogP contribution is -2.20. The Hall–Kier alpha value is -3.16. The van der Waals surface area contributed by atoms with Crippen LogP contribution in [0.25, 0.3) is 0 Å². The van der Waals surface area contributed by atoms with Crippen molar-refractivity contribution >= 4 is 40.4 Å². The molecule has 0 radical (unpaired) electrons. The zero-order valence-corrected chi connectivity index (χ0v) is 20.8. The Morgan fingerprint density at radius 2 is 1.45 bits per heavy atom. The molecule has 0 fully saturated rings. The summed E-state index contributed by atoms with van der Waals surface area (Å²) in [6, 6.07) is 18.3. The SMILES string of the molecule is Cc1ccc(Cn2nc(C)c(NC(=S)Nc3cc(C)n(Cc4ccc(Cl)cc4)n3)c2C)cc1. The Morgan fingerprint density at radius 3 is 2.12 bits per heavy atom. The summed E-state index contributed by atoms with van der Waals surface area (Å²) in [5.74, 6) is 0.696. The van der Waals surface area contributed by atoms with Crippen LogP contribution in [0.2, 0.25) is 5.02 Å². The Morgan fingerprint density at radius 1 is 0.848 bits per heavy atom. The predicted molar refractivity (Wildman–Crippen MR) is 139 cm³/mol. The highest BCUT2D eigenvalue weighted by atomic mass is 35.5. The van der Waals surface area contributed by atoms with Crippen molar-refractivity contribution in [2.75, 3.05) is 10.6 Å². The van der Waals surface area contributed by atoms with E-state index >= 15 is 0 Å². The van der Waals surface area contributed by atoms with Crippen molar-refractivity contribution in [3.63, 3.8) is 0 Å². The number of aryl methyl sites for hydroxylation is 3. The summed E-state index contributed by atoms with van der Waals surface area (Å²) in [6.07, 6.45) is 0. The van der Waals surface area contributed by atoms with Gasteiger partial charge in [-0.15, -0.1) is 0 Å². The molecule has 2 heterocycles. The lowest BCUT2D eigenvalue weighted by Gasteiger charge is -2.10. The molecule has 0 spiro atoms. The largest absolute Gasteiger partial charge is 0.329 e. The number of hydrogen-bond acceptors (Lipinski definition) is 3. The molecule has 0 atom stereocenters. The first-order chi connectivity index (χ1) is 15.8. The van der Waals surface area contributed by atoms with Crippen LogP contribution >= 0.6 is 23.8 Å². The average molecular weight is 479 g/mol. The Bertz CT molecular complexity index is 1270. The van der Waals surface area contributed by atoms with Gasteiger partial charge in [-0.1, -0.05) is 53.6 Å². The fraction of sp³-hybridized carbons (Fsp3) is 0.240. The normalized spacial score (nSPS) is 10.9. The number of anilines is 2. The molecule has 0 saturated carbocycles. The van der Waals surface area contributed by atoms with Gasteiger partial charge in [0.05, 0.1) is 30.2 Å². The summed E-state index contributed by atoms with van der Waals surface area (Å²) >= 11 is 11.5. The minimum atomic E-state index is 0.479. The van der Waals surface area contributed by atoms with E-state index in [2.05, 4.69) is 46.9 Å². The molecule has 0 aliphatic rings. The van der Waals surface area contributed by atoms with Crippen LogP contribution < -0.4 is 10.6 Å². The summed E-state index contributed by atoms with van der Waals surface area (Å²) in [5, 5.41) is 17.0. The molecule has 4 aromatic rings. The maximum atomic E-state index is 5.98. The molecule has 33 heavy (non-hydrogen) atoms. The van der Waals surface area contributed by atoms with Crippen LogP contribution in [0.4, 0.5) is 11.5 Å². The van der Waals surface area contributed by atoms with Gasteiger partial charge >= 0.3 is 0 Å². The van der Waals surface area contributed by atoms with E-state index in [1.807, 2.05) is 60.5 Å². The summed E-state index contributed by atoms with van der Waals surface area (Å²) < 4.78 is 3.93. The van der Waals surface area contributed by atoms with Crippen LogP contribution in [0.5, 0.6) is 0 Å². The first-order valence-corrected chi connectivity index (χ1v) is 11.5. The van der Waals surface area contributed by atoms with Crippen molar-refractivity contribution in [2.24, 2.45) is 0 Å². The molecule has 2 N–H and O–H groups in total. The average Bonchev–Trinajstić information content (AvgIpc) is 3.24. The second-order valence-electron chi connectivity index (χ2n) is 8.22. The number of benzene rings is 2. The zero-order valence-electron chi connectivity index (χ0n) is 19.2. The third-order valence-corrected chi connectivity index (χ3v) is 6.00. The van der Waals surface area contributed by atoms with Crippen LogP contribution in [-0.2, 0) is 13.1 Å². The van der Waals surface area contributed by atoms with Gasteiger partial charge in [0, 0.05) is 16.8 Å². The van der Waals surface area contributed by atoms with E-state index in [0.717, 1.165) is 33.4 Å². The van der Waals surface area contributed by atoms with Crippen molar-refractivity contribution in [3.05, 3.63) is 93.4 Å². The summed E-state index contributed by atoms with van der Waals surface area (Å²) in [5.41, 5.74) is 7.46. The molecule has 0 amide bonds. The van der Waals surface area contributed by atoms with Crippen LogP contribution in [0.1, 0.15) is 33.8 Å². The Balaban J connectivity index is 1.42. The van der Waals surface area contributed by atoms with Crippen LogP contribution in [0.3, 0.4) is 0 Å².